The molecule has 0 bridgehead atoms. The molecule has 1 aromatic carbocycles. The lowest BCUT2D eigenvalue weighted by Gasteiger charge is -2.20. The van der Waals surface area contributed by atoms with Crippen LogP contribution in [0.15, 0.2) is 29.6 Å². The smallest absolute Gasteiger partial charge is 0.238 e. The number of nitrogens with zero attached hydrogens (tertiary/aromatic N) is 1. The van der Waals surface area contributed by atoms with Crippen molar-refractivity contribution in [1.29, 1.82) is 0 Å². The summed E-state index contributed by atoms with van der Waals surface area (Å²) >= 11 is 1.61. The van der Waals surface area contributed by atoms with Crippen molar-refractivity contribution in [1.82, 2.24) is 10.2 Å². The highest BCUT2D eigenvalue weighted by molar-refractivity contribution is 7.09. The van der Waals surface area contributed by atoms with Crippen molar-refractivity contribution in [2.24, 2.45) is 0 Å². The number of thiophene rings is 1. The molecule has 0 saturated heterocycles. The van der Waals surface area contributed by atoms with E-state index in [1.807, 2.05) is 50.1 Å². The van der Waals surface area contributed by atoms with E-state index in [4.69, 9.17) is 0 Å². The van der Waals surface area contributed by atoms with E-state index in [-0.39, 0.29) is 24.9 Å². The molecule has 26 heavy (non-hydrogen) atoms. The Morgan fingerprint density at radius 2 is 1.73 bits per heavy atom. The Morgan fingerprint density at radius 3 is 2.31 bits per heavy atom. The lowest BCUT2D eigenvalue weighted by Crippen LogP contribution is -2.40. The summed E-state index contributed by atoms with van der Waals surface area (Å²) in [6.07, 6.45) is 0. The van der Waals surface area contributed by atoms with Crippen molar-refractivity contribution in [2.45, 2.75) is 34.2 Å². The highest BCUT2D eigenvalue weighted by Gasteiger charge is 2.15. The van der Waals surface area contributed by atoms with Crippen LogP contribution in [0.2, 0.25) is 0 Å². The van der Waals surface area contributed by atoms with Gasteiger partial charge in [-0.1, -0.05) is 30.7 Å². The van der Waals surface area contributed by atoms with Crippen molar-refractivity contribution >= 4 is 28.8 Å². The van der Waals surface area contributed by atoms with Crippen molar-refractivity contribution in [3.8, 4) is 0 Å². The van der Waals surface area contributed by atoms with Crippen molar-refractivity contribution in [2.75, 3.05) is 25.0 Å². The number of aryl methyl sites for hydroxylation is 3. The van der Waals surface area contributed by atoms with Gasteiger partial charge in [-0.3, -0.25) is 14.5 Å². The second kappa shape index (κ2) is 9.50. The number of hydrogen-bond acceptors (Lipinski definition) is 4. The molecule has 0 aliphatic heterocycles. The number of anilines is 1. The summed E-state index contributed by atoms with van der Waals surface area (Å²) in [6.45, 7) is 9.53. The highest BCUT2D eigenvalue weighted by atomic mass is 32.1. The van der Waals surface area contributed by atoms with Crippen LogP contribution in [-0.2, 0) is 16.1 Å². The first kappa shape index (κ1) is 20.1. The summed E-state index contributed by atoms with van der Waals surface area (Å²) in [5.41, 5.74) is 4.13. The summed E-state index contributed by atoms with van der Waals surface area (Å²) in [7, 11) is 0. The lowest BCUT2D eigenvalue weighted by molar-refractivity contribution is -0.123. The van der Waals surface area contributed by atoms with Gasteiger partial charge in [0.05, 0.1) is 19.6 Å². The normalized spacial score (nSPS) is 10.8. The SMILES string of the molecule is CCN(CC(=O)NCc1cccs1)CC(=O)Nc1c(C)cc(C)cc1C. The molecule has 1 aromatic heterocycles. The van der Waals surface area contributed by atoms with Gasteiger partial charge in [0.2, 0.25) is 11.8 Å². The third-order valence-corrected chi connectivity index (χ3v) is 5.04. The summed E-state index contributed by atoms with van der Waals surface area (Å²) in [5.74, 6) is -0.177. The Kier molecular flexibility index (Phi) is 7.36. The quantitative estimate of drug-likeness (QED) is 0.747. The van der Waals surface area contributed by atoms with Gasteiger partial charge in [-0.25, -0.2) is 0 Å². The van der Waals surface area contributed by atoms with Crippen molar-refractivity contribution < 1.29 is 9.59 Å². The van der Waals surface area contributed by atoms with Gasteiger partial charge in [-0.2, -0.15) is 0 Å². The maximum atomic E-state index is 12.4. The first-order valence-electron chi connectivity index (χ1n) is 8.78. The number of benzene rings is 1. The van der Waals surface area contributed by atoms with Crippen LogP contribution < -0.4 is 10.6 Å². The van der Waals surface area contributed by atoms with Crippen LogP contribution in [0.5, 0.6) is 0 Å². The predicted octanol–water partition coefficient (Wildman–Crippen LogP) is 3.25. The molecule has 2 aromatic rings. The maximum Gasteiger partial charge on any atom is 0.238 e. The molecule has 0 spiro atoms. The molecule has 0 atom stereocenters. The minimum atomic E-state index is -0.104. The Hall–Kier alpha value is -2.18. The summed E-state index contributed by atoms with van der Waals surface area (Å²) in [4.78, 5) is 27.5. The van der Waals surface area contributed by atoms with E-state index in [1.54, 1.807) is 11.3 Å². The summed E-state index contributed by atoms with van der Waals surface area (Å²) in [5, 5.41) is 7.87. The monoisotopic (exact) mass is 373 g/mol. The molecule has 0 aliphatic rings. The third kappa shape index (κ3) is 5.97. The number of nitrogens with one attached hydrogen (secondary N) is 2. The van der Waals surface area contributed by atoms with Crippen LogP contribution in [0.4, 0.5) is 5.69 Å². The van der Waals surface area contributed by atoms with Crippen molar-refractivity contribution in [3.63, 3.8) is 0 Å². The van der Waals surface area contributed by atoms with E-state index in [1.165, 1.54) is 5.56 Å². The Balaban J connectivity index is 1.86. The van der Waals surface area contributed by atoms with Gasteiger partial charge >= 0.3 is 0 Å². The zero-order valence-electron chi connectivity index (χ0n) is 15.9. The fraction of sp³-hybridized carbons (Fsp3) is 0.400. The molecule has 140 valence electrons. The van der Waals surface area contributed by atoms with Crippen molar-refractivity contribution in [3.05, 3.63) is 51.2 Å². The largest absolute Gasteiger partial charge is 0.350 e. The molecule has 0 aliphatic carbocycles. The van der Waals surface area contributed by atoms with E-state index in [2.05, 4.69) is 22.8 Å². The first-order valence-corrected chi connectivity index (χ1v) is 9.66. The molecule has 0 fully saturated rings. The van der Waals surface area contributed by atoms with E-state index in [9.17, 15) is 9.59 Å². The molecule has 1 heterocycles. The van der Waals surface area contributed by atoms with Gasteiger partial charge in [0.25, 0.3) is 0 Å². The second-order valence-corrected chi connectivity index (χ2v) is 7.51. The Labute approximate surface area is 159 Å². The molecule has 2 amide bonds. The van der Waals surface area contributed by atoms with E-state index < -0.39 is 0 Å². The van der Waals surface area contributed by atoms with Crippen LogP contribution in [0, 0.1) is 20.8 Å². The Bertz CT molecular complexity index is 733. The van der Waals surface area contributed by atoms with E-state index in [0.29, 0.717) is 13.1 Å². The molecule has 0 radical (unpaired) electrons. The number of carbonyl (C=O) groups is 2. The maximum absolute atomic E-state index is 12.4. The number of rotatable bonds is 8. The van der Waals surface area contributed by atoms with Crippen LogP contribution in [0.25, 0.3) is 0 Å². The van der Waals surface area contributed by atoms with Crippen LogP contribution >= 0.6 is 11.3 Å². The van der Waals surface area contributed by atoms with Gasteiger partial charge in [0, 0.05) is 10.6 Å². The minimum Gasteiger partial charge on any atom is -0.350 e. The average Bonchev–Trinajstić information content (AvgIpc) is 3.09. The van der Waals surface area contributed by atoms with Crippen LogP contribution in [0.1, 0.15) is 28.5 Å². The first-order chi connectivity index (χ1) is 12.4. The summed E-state index contributed by atoms with van der Waals surface area (Å²) in [6, 6.07) is 8.06. The standard InChI is InChI=1S/C20H27N3O2S/c1-5-23(12-18(24)21-11-17-7-6-8-26-17)13-19(25)22-20-15(3)9-14(2)10-16(20)4/h6-10H,5,11-13H2,1-4H3,(H,21,24)(H,22,25). The zero-order valence-corrected chi connectivity index (χ0v) is 16.7. The average molecular weight is 374 g/mol. The predicted molar refractivity (Wildman–Crippen MR) is 108 cm³/mol. The van der Waals surface area contributed by atoms with Gasteiger partial charge in [0.15, 0.2) is 0 Å². The van der Waals surface area contributed by atoms with Gasteiger partial charge < -0.3 is 10.6 Å². The lowest BCUT2D eigenvalue weighted by atomic mass is 10.1. The fourth-order valence-corrected chi connectivity index (χ4v) is 3.54. The minimum absolute atomic E-state index is 0.0734. The molecule has 5 nitrogen and oxygen atoms in total. The van der Waals surface area contributed by atoms with Crippen LogP contribution in [-0.4, -0.2) is 36.3 Å². The van der Waals surface area contributed by atoms with Gasteiger partial charge in [0.1, 0.15) is 0 Å². The molecule has 6 heteroatoms. The molecule has 0 saturated carbocycles. The molecule has 0 unspecified atom stereocenters. The molecule has 2 rings (SSSR count). The number of carbonyl (C=O) groups excluding carboxylic acids is 2. The molecular formula is C20H27N3O2S. The topological polar surface area (TPSA) is 61.4 Å². The summed E-state index contributed by atoms with van der Waals surface area (Å²) < 4.78 is 0. The Morgan fingerprint density at radius 1 is 1.08 bits per heavy atom. The zero-order chi connectivity index (χ0) is 19.1. The third-order valence-electron chi connectivity index (χ3n) is 4.16. The second-order valence-electron chi connectivity index (χ2n) is 6.48. The van der Waals surface area contributed by atoms with Gasteiger partial charge in [-0.05, 0) is 49.9 Å². The molecule has 2 N–H and O–H groups in total. The van der Waals surface area contributed by atoms with E-state index in [0.717, 1.165) is 21.7 Å². The molecular weight excluding hydrogens is 346 g/mol. The highest BCUT2D eigenvalue weighted by Crippen LogP contribution is 2.21. The fourth-order valence-electron chi connectivity index (χ4n) is 2.90. The number of amides is 2. The van der Waals surface area contributed by atoms with Crippen LogP contribution in [0.3, 0.4) is 0 Å². The number of likely N-dealkylation sites (N-methyl/N-ethyl adjacent to an activating group) is 1. The van der Waals surface area contributed by atoms with E-state index >= 15 is 0 Å². The number of hydrogen-bond donors (Lipinski definition) is 2. The van der Waals surface area contributed by atoms with Gasteiger partial charge in [-0.15, -0.1) is 11.3 Å².